The number of carbonyl (C=O) groups is 3. The van der Waals surface area contributed by atoms with Crippen LogP contribution in [0.2, 0.25) is 0 Å². The van der Waals surface area contributed by atoms with Crippen LogP contribution in [0.1, 0.15) is 109 Å². The molecule has 3 N–H and O–H groups in total. The number of phenols is 2. The number of ketones is 2. The van der Waals surface area contributed by atoms with E-state index in [4.69, 9.17) is 14.2 Å². The third-order valence-corrected chi connectivity index (χ3v) is 10.9. The van der Waals surface area contributed by atoms with E-state index in [-0.39, 0.29) is 59.3 Å². The molecule has 4 bridgehead atoms. The van der Waals surface area contributed by atoms with Crippen LogP contribution < -0.4 is 10.1 Å². The van der Waals surface area contributed by atoms with Crippen molar-refractivity contribution in [3.8, 4) is 17.2 Å². The van der Waals surface area contributed by atoms with Crippen LogP contribution in [0.4, 0.5) is 0 Å². The first-order chi connectivity index (χ1) is 24.0. The molecule has 6 rings (SSSR count). The maximum atomic E-state index is 14.9. The molecule has 2 fully saturated rings. The minimum atomic E-state index is -1.61. The van der Waals surface area contributed by atoms with E-state index in [0.29, 0.717) is 42.9 Å². The molecule has 51 heavy (non-hydrogen) atoms. The molecule has 1 amide bonds. The summed E-state index contributed by atoms with van der Waals surface area (Å²) >= 11 is 0. The van der Waals surface area contributed by atoms with Gasteiger partial charge in [0.05, 0.1) is 12.2 Å². The average Bonchev–Trinajstić information content (AvgIpc) is 3.21. The monoisotopic (exact) mass is 701 g/mol. The van der Waals surface area contributed by atoms with Crippen LogP contribution in [-0.4, -0.2) is 64.2 Å². The van der Waals surface area contributed by atoms with Crippen molar-refractivity contribution in [3.05, 3.63) is 74.9 Å². The number of carbonyl (C=O) groups excluding carboxylic acids is 3. The van der Waals surface area contributed by atoms with Gasteiger partial charge in [-0.05, 0) is 94.4 Å². The van der Waals surface area contributed by atoms with E-state index in [1.165, 1.54) is 5.57 Å². The van der Waals surface area contributed by atoms with E-state index in [2.05, 4.69) is 25.2 Å². The summed E-state index contributed by atoms with van der Waals surface area (Å²) in [6.07, 6.45) is 12.1. The van der Waals surface area contributed by atoms with Crippen molar-refractivity contribution in [2.45, 2.75) is 118 Å². The standard InChI is InChI=1S/C42H55NO8/c1-10-49-21-20-43-39(48)27(7)18-19-41-38(47)28-22-31-36(46)33-35(45)29(17-15-26(6)13-11-12-24(2)3)34(44)30(16-14-25(4)5)37(33)50-42(31,41)32(23-28)40(8,9)51-41/h12,14-15,18,22,28,32,44-45H,10-11,13,16-17,19-21,23H2,1-9H3,(H,43,48)/b26-15+,27-18-/t28-,32+,41+,42-/m1/s1. The van der Waals surface area contributed by atoms with Crippen LogP contribution in [0.25, 0.3) is 0 Å². The number of nitrogens with one attached hydrogen (secondary N) is 1. The fourth-order valence-electron chi connectivity index (χ4n) is 8.33. The summed E-state index contributed by atoms with van der Waals surface area (Å²) in [5.41, 5.74) is 0.670. The quantitative estimate of drug-likeness (QED) is 0.104. The van der Waals surface area contributed by atoms with Crippen LogP contribution in [0.3, 0.4) is 0 Å². The summed E-state index contributed by atoms with van der Waals surface area (Å²) in [5.74, 6) is -2.28. The van der Waals surface area contributed by atoms with Gasteiger partial charge in [0.2, 0.25) is 5.91 Å². The number of ether oxygens (including phenoxy) is 3. The number of Topliss-reactive ketones (excluding diaryl/α,β-unsaturated/α-hetero) is 2. The molecule has 2 heterocycles. The SMILES string of the molecule is CCOCCNC(=O)/C(C)=C\C[C@@]12OC(C)(C)[C@@H]3C[C@@H](C=C4C(=O)c5c(O)c(C/C=C(\C)CCC=C(C)C)c(O)c(CC=C(C)C)c5O[C@]431)C2=O. The summed E-state index contributed by atoms with van der Waals surface area (Å²) in [5, 5.41) is 26.5. The van der Waals surface area contributed by atoms with Gasteiger partial charge >= 0.3 is 0 Å². The first-order valence-electron chi connectivity index (χ1n) is 18.3. The molecule has 0 unspecified atom stereocenters. The van der Waals surface area contributed by atoms with Gasteiger partial charge in [-0.1, -0.05) is 47.1 Å². The molecule has 4 atom stereocenters. The number of allylic oxidation sites excluding steroid dienone is 7. The highest BCUT2D eigenvalue weighted by molar-refractivity contribution is 6.18. The fourth-order valence-corrected chi connectivity index (χ4v) is 8.33. The molecule has 1 aromatic carbocycles. The van der Waals surface area contributed by atoms with Crippen molar-refractivity contribution >= 4 is 17.5 Å². The molecule has 3 aliphatic carbocycles. The zero-order valence-corrected chi connectivity index (χ0v) is 31.7. The molecule has 5 aliphatic rings. The van der Waals surface area contributed by atoms with E-state index < -0.39 is 34.4 Å². The lowest BCUT2D eigenvalue weighted by molar-refractivity contribution is -0.171. The molecule has 0 aromatic heterocycles. The van der Waals surface area contributed by atoms with Gasteiger partial charge in [0.15, 0.2) is 22.8 Å². The second kappa shape index (κ2) is 14.6. The van der Waals surface area contributed by atoms with Gasteiger partial charge in [0, 0.05) is 53.7 Å². The number of rotatable bonds is 14. The van der Waals surface area contributed by atoms with Crippen LogP contribution in [-0.2, 0) is 31.9 Å². The van der Waals surface area contributed by atoms with Crippen LogP contribution >= 0.6 is 0 Å². The van der Waals surface area contributed by atoms with Crippen LogP contribution in [0, 0.1) is 11.8 Å². The van der Waals surface area contributed by atoms with E-state index >= 15 is 0 Å². The highest BCUT2D eigenvalue weighted by atomic mass is 16.6. The summed E-state index contributed by atoms with van der Waals surface area (Å²) in [6.45, 7) is 18.7. The van der Waals surface area contributed by atoms with Gasteiger partial charge in [-0.3, -0.25) is 14.4 Å². The molecule has 1 aromatic rings. The Morgan fingerprint density at radius 1 is 0.980 bits per heavy atom. The average molecular weight is 702 g/mol. The van der Waals surface area contributed by atoms with Crippen molar-refractivity contribution in [1.29, 1.82) is 0 Å². The lowest BCUT2D eigenvalue weighted by Crippen LogP contribution is -2.72. The van der Waals surface area contributed by atoms with Gasteiger partial charge in [-0.25, -0.2) is 0 Å². The Morgan fingerprint density at radius 3 is 2.33 bits per heavy atom. The number of hydrogen-bond donors (Lipinski definition) is 3. The van der Waals surface area contributed by atoms with Crippen molar-refractivity contribution in [1.82, 2.24) is 5.32 Å². The van der Waals surface area contributed by atoms with E-state index in [9.17, 15) is 24.6 Å². The van der Waals surface area contributed by atoms with Crippen LogP contribution in [0.5, 0.6) is 17.2 Å². The van der Waals surface area contributed by atoms with E-state index in [0.717, 1.165) is 24.0 Å². The molecule has 9 nitrogen and oxygen atoms in total. The zero-order valence-electron chi connectivity index (χ0n) is 31.7. The molecule has 1 spiro atoms. The summed E-state index contributed by atoms with van der Waals surface area (Å²) in [7, 11) is 0. The second-order valence-electron chi connectivity index (χ2n) is 15.5. The number of hydrogen-bond acceptors (Lipinski definition) is 8. The number of aromatic hydroxyl groups is 2. The predicted octanol–water partition coefficient (Wildman–Crippen LogP) is 7.34. The normalized spacial score (nSPS) is 25.9. The predicted molar refractivity (Wildman–Crippen MR) is 197 cm³/mol. The van der Waals surface area contributed by atoms with Gasteiger partial charge < -0.3 is 29.7 Å². The second-order valence-corrected chi connectivity index (χ2v) is 15.5. The van der Waals surface area contributed by atoms with Crippen molar-refractivity contribution in [3.63, 3.8) is 0 Å². The van der Waals surface area contributed by atoms with Gasteiger partial charge in [-0.2, -0.15) is 0 Å². The van der Waals surface area contributed by atoms with Gasteiger partial charge in [0.25, 0.3) is 0 Å². The third kappa shape index (κ3) is 6.63. The summed E-state index contributed by atoms with van der Waals surface area (Å²) < 4.78 is 19.2. The lowest BCUT2D eigenvalue weighted by atomic mass is 9.51. The van der Waals surface area contributed by atoms with E-state index in [1.54, 1.807) is 19.1 Å². The maximum Gasteiger partial charge on any atom is 0.246 e. The Kier molecular flexibility index (Phi) is 10.9. The smallest absolute Gasteiger partial charge is 0.246 e. The molecular weight excluding hydrogens is 646 g/mol. The number of phenolic OH excluding ortho intramolecular Hbond substituents is 2. The van der Waals surface area contributed by atoms with Crippen LogP contribution in [0.15, 0.2) is 58.2 Å². The largest absolute Gasteiger partial charge is 0.507 e. The van der Waals surface area contributed by atoms with Gasteiger partial charge in [0.1, 0.15) is 22.8 Å². The minimum absolute atomic E-state index is 0.000166. The first-order valence-corrected chi connectivity index (χ1v) is 18.3. The Hall–Kier alpha value is -3.95. The third-order valence-electron chi connectivity index (χ3n) is 10.9. The lowest BCUT2D eigenvalue weighted by Gasteiger charge is -2.56. The molecule has 276 valence electrons. The number of amides is 1. The Labute approximate surface area is 302 Å². The van der Waals surface area contributed by atoms with Crippen molar-refractivity contribution in [2.75, 3.05) is 19.8 Å². The molecule has 9 heteroatoms. The molecule has 2 aliphatic heterocycles. The highest BCUT2D eigenvalue weighted by Crippen LogP contribution is 2.68. The molecule has 0 radical (unpaired) electrons. The molecule has 1 saturated carbocycles. The van der Waals surface area contributed by atoms with Crippen molar-refractivity contribution in [2.24, 2.45) is 11.8 Å². The van der Waals surface area contributed by atoms with E-state index in [1.807, 2.05) is 53.7 Å². The zero-order chi connectivity index (χ0) is 37.5. The first kappa shape index (κ1) is 38.3. The molecule has 1 saturated heterocycles. The summed E-state index contributed by atoms with van der Waals surface area (Å²) in [6, 6.07) is 0. The molecular formula is C42H55NO8. The Balaban J connectivity index is 1.63. The number of benzene rings is 1. The summed E-state index contributed by atoms with van der Waals surface area (Å²) in [4.78, 5) is 42.3. The minimum Gasteiger partial charge on any atom is -0.507 e. The fraction of sp³-hybridized carbons (Fsp3) is 0.548. The Morgan fingerprint density at radius 2 is 1.67 bits per heavy atom. The van der Waals surface area contributed by atoms with Crippen molar-refractivity contribution < 1.29 is 38.8 Å². The maximum absolute atomic E-state index is 14.9. The highest BCUT2D eigenvalue weighted by Gasteiger charge is 2.81. The number of fused-ring (bicyclic) bond motifs is 1. The Bertz CT molecular complexity index is 1770. The topological polar surface area (TPSA) is 131 Å². The van der Waals surface area contributed by atoms with Gasteiger partial charge in [-0.15, -0.1) is 0 Å².